The number of carbonyl (C=O) groups excluding carboxylic acids is 3. The van der Waals surface area contributed by atoms with E-state index in [2.05, 4.69) is 10.6 Å². The predicted molar refractivity (Wildman–Crippen MR) is 104 cm³/mol. The number of furan rings is 1. The van der Waals surface area contributed by atoms with Crippen LogP contribution in [0.3, 0.4) is 0 Å². The smallest absolute Gasteiger partial charge is 0.375 e. The second-order valence-electron chi connectivity index (χ2n) is 5.74. The maximum absolute atomic E-state index is 12.2. The minimum Gasteiger partial charge on any atom is -0.457 e. The van der Waals surface area contributed by atoms with E-state index in [9.17, 15) is 14.4 Å². The summed E-state index contributed by atoms with van der Waals surface area (Å²) in [7, 11) is 0. The van der Waals surface area contributed by atoms with Gasteiger partial charge in [0.25, 0.3) is 5.91 Å². The van der Waals surface area contributed by atoms with E-state index >= 15 is 0 Å². The van der Waals surface area contributed by atoms with Crippen LogP contribution in [0.5, 0.6) is 0 Å². The number of carbonyl (C=O) groups is 3. The van der Waals surface area contributed by atoms with E-state index in [1.807, 2.05) is 47.8 Å². The number of nitrogens with one attached hydrogen (secondary N) is 2. The van der Waals surface area contributed by atoms with E-state index in [-0.39, 0.29) is 5.76 Å². The topological polar surface area (TPSA) is 97.6 Å². The number of hydrogen-bond acceptors (Lipinski definition) is 6. The van der Waals surface area contributed by atoms with Gasteiger partial charge in [-0.3, -0.25) is 10.1 Å². The minimum atomic E-state index is -0.780. The number of thiophene rings is 1. The van der Waals surface area contributed by atoms with Crippen molar-refractivity contribution in [2.45, 2.75) is 6.42 Å². The van der Waals surface area contributed by atoms with Gasteiger partial charge >= 0.3 is 12.0 Å². The maximum Gasteiger partial charge on any atom is 0.375 e. The molecule has 0 aliphatic heterocycles. The van der Waals surface area contributed by atoms with Crippen molar-refractivity contribution >= 4 is 29.2 Å². The zero-order chi connectivity index (χ0) is 19.8. The first-order chi connectivity index (χ1) is 13.6. The van der Waals surface area contributed by atoms with Gasteiger partial charge in [-0.15, -0.1) is 11.3 Å². The Morgan fingerprint density at radius 2 is 1.86 bits per heavy atom. The van der Waals surface area contributed by atoms with Crippen molar-refractivity contribution in [3.63, 3.8) is 0 Å². The fourth-order valence-corrected chi connectivity index (χ4v) is 3.18. The molecule has 1 aromatic carbocycles. The Bertz CT molecular complexity index is 935. The number of benzene rings is 1. The Labute approximate surface area is 165 Å². The van der Waals surface area contributed by atoms with E-state index in [0.717, 1.165) is 10.4 Å². The molecule has 2 aromatic heterocycles. The Morgan fingerprint density at radius 3 is 2.61 bits per heavy atom. The van der Waals surface area contributed by atoms with Gasteiger partial charge < -0.3 is 14.5 Å². The van der Waals surface area contributed by atoms with E-state index in [4.69, 9.17) is 9.15 Å². The van der Waals surface area contributed by atoms with Gasteiger partial charge in [-0.25, -0.2) is 9.59 Å². The molecule has 7 nitrogen and oxygen atoms in total. The lowest BCUT2D eigenvalue weighted by Crippen LogP contribution is -2.42. The molecule has 28 heavy (non-hydrogen) atoms. The monoisotopic (exact) mass is 398 g/mol. The summed E-state index contributed by atoms with van der Waals surface area (Å²) in [6, 6.07) is 14.1. The predicted octanol–water partition coefficient (Wildman–Crippen LogP) is 3.23. The average Bonchev–Trinajstić information content (AvgIpc) is 3.39. The summed E-state index contributed by atoms with van der Waals surface area (Å²) >= 11 is 1.59. The van der Waals surface area contributed by atoms with Crippen LogP contribution in [-0.4, -0.2) is 31.1 Å². The summed E-state index contributed by atoms with van der Waals surface area (Å²) in [5, 5.41) is 6.64. The lowest BCUT2D eigenvalue weighted by molar-refractivity contribution is -0.123. The molecule has 0 radical (unpaired) electrons. The SMILES string of the molecule is O=C(COC(=O)c1occc1-c1ccccc1)NC(=O)NCCc1cccs1. The molecule has 2 N–H and O–H groups in total. The van der Waals surface area contributed by atoms with Gasteiger partial charge in [0.2, 0.25) is 5.76 Å². The van der Waals surface area contributed by atoms with Crippen LogP contribution >= 0.6 is 11.3 Å². The van der Waals surface area contributed by atoms with Gasteiger partial charge in [-0.05, 0) is 29.5 Å². The largest absolute Gasteiger partial charge is 0.457 e. The average molecular weight is 398 g/mol. The highest BCUT2D eigenvalue weighted by Crippen LogP contribution is 2.25. The van der Waals surface area contributed by atoms with Crippen molar-refractivity contribution < 1.29 is 23.5 Å². The van der Waals surface area contributed by atoms with E-state index < -0.39 is 24.5 Å². The Morgan fingerprint density at radius 1 is 1.04 bits per heavy atom. The van der Waals surface area contributed by atoms with Gasteiger partial charge in [0.1, 0.15) is 0 Å². The van der Waals surface area contributed by atoms with Crippen molar-refractivity contribution in [2.24, 2.45) is 0 Å². The molecule has 0 fully saturated rings. The third-order valence-corrected chi connectivity index (χ3v) is 4.70. The molecular formula is C20H18N2O5S. The maximum atomic E-state index is 12.2. The summed E-state index contributed by atoms with van der Waals surface area (Å²) in [5.41, 5.74) is 1.36. The first-order valence-electron chi connectivity index (χ1n) is 8.53. The molecule has 0 aliphatic carbocycles. The first-order valence-corrected chi connectivity index (χ1v) is 9.41. The number of rotatable bonds is 7. The molecule has 2 heterocycles. The van der Waals surface area contributed by atoms with Crippen LogP contribution in [0.4, 0.5) is 4.79 Å². The Hall–Kier alpha value is -3.39. The molecule has 0 aliphatic rings. The van der Waals surface area contributed by atoms with Gasteiger partial charge in [-0.2, -0.15) is 0 Å². The van der Waals surface area contributed by atoms with Crippen molar-refractivity contribution in [2.75, 3.05) is 13.2 Å². The molecule has 0 saturated heterocycles. The summed E-state index contributed by atoms with van der Waals surface area (Å²) in [5.74, 6) is -1.51. The van der Waals surface area contributed by atoms with Gasteiger partial charge in [-0.1, -0.05) is 36.4 Å². The summed E-state index contributed by atoms with van der Waals surface area (Å²) < 4.78 is 10.1. The van der Waals surface area contributed by atoms with Crippen LogP contribution in [0, 0.1) is 0 Å². The Balaban J connectivity index is 1.44. The van der Waals surface area contributed by atoms with E-state index in [0.29, 0.717) is 18.5 Å². The summed E-state index contributed by atoms with van der Waals surface area (Å²) in [4.78, 5) is 36.8. The normalized spacial score (nSPS) is 10.3. The molecule has 0 saturated carbocycles. The van der Waals surface area contributed by atoms with E-state index in [1.165, 1.54) is 6.26 Å². The highest BCUT2D eigenvalue weighted by atomic mass is 32.1. The highest BCUT2D eigenvalue weighted by Gasteiger charge is 2.19. The van der Waals surface area contributed by atoms with Crippen LogP contribution < -0.4 is 10.6 Å². The zero-order valence-electron chi connectivity index (χ0n) is 14.8. The van der Waals surface area contributed by atoms with Gasteiger partial charge in [0.05, 0.1) is 6.26 Å². The molecule has 3 amide bonds. The van der Waals surface area contributed by atoms with Crippen molar-refractivity contribution in [3.05, 3.63) is 70.8 Å². The van der Waals surface area contributed by atoms with Crippen molar-refractivity contribution in [1.29, 1.82) is 0 Å². The number of imide groups is 1. The van der Waals surface area contributed by atoms with Crippen LogP contribution in [0.15, 0.2) is 64.6 Å². The summed E-state index contributed by atoms with van der Waals surface area (Å²) in [6.07, 6.45) is 2.05. The van der Waals surface area contributed by atoms with Gasteiger partial charge in [0, 0.05) is 17.0 Å². The van der Waals surface area contributed by atoms with Crippen molar-refractivity contribution in [1.82, 2.24) is 10.6 Å². The lowest BCUT2D eigenvalue weighted by Gasteiger charge is -2.07. The Kier molecular flexibility index (Phi) is 6.59. The standard InChI is InChI=1S/C20H18N2O5S/c23-17(22-20(25)21-10-8-15-7-4-12-28-15)13-27-19(24)18-16(9-11-26-18)14-5-2-1-3-6-14/h1-7,9,11-12H,8,10,13H2,(H2,21,22,23,25). The molecule has 0 atom stereocenters. The third kappa shape index (κ3) is 5.31. The second kappa shape index (κ2) is 9.52. The zero-order valence-corrected chi connectivity index (χ0v) is 15.7. The van der Waals surface area contributed by atoms with E-state index in [1.54, 1.807) is 17.4 Å². The first kappa shape index (κ1) is 19.4. The number of urea groups is 1. The van der Waals surface area contributed by atoms with Crippen LogP contribution in [0.1, 0.15) is 15.4 Å². The third-order valence-electron chi connectivity index (χ3n) is 3.76. The van der Waals surface area contributed by atoms with Crippen LogP contribution in [0.25, 0.3) is 11.1 Å². The molecule has 0 spiro atoms. The highest BCUT2D eigenvalue weighted by molar-refractivity contribution is 7.09. The molecule has 144 valence electrons. The van der Waals surface area contributed by atoms with Crippen LogP contribution in [0.2, 0.25) is 0 Å². The molecule has 3 rings (SSSR count). The quantitative estimate of drug-likeness (QED) is 0.596. The molecule has 0 unspecified atom stereocenters. The molecule has 8 heteroatoms. The second-order valence-corrected chi connectivity index (χ2v) is 6.77. The summed E-state index contributed by atoms with van der Waals surface area (Å²) in [6.45, 7) is -0.196. The number of hydrogen-bond donors (Lipinski definition) is 2. The molecule has 3 aromatic rings. The lowest BCUT2D eigenvalue weighted by atomic mass is 10.1. The number of ether oxygens (including phenoxy) is 1. The number of esters is 1. The van der Waals surface area contributed by atoms with Crippen LogP contribution in [-0.2, 0) is 16.0 Å². The number of amides is 3. The molecular weight excluding hydrogens is 380 g/mol. The fraction of sp³-hybridized carbons (Fsp3) is 0.150. The van der Waals surface area contributed by atoms with Gasteiger partial charge in [0.15, 0.2) is 6.61 Å². The fourth-order valence-electron chi connectivity index (χ4n) is 2.47. The van der Waals surface area contributed by atoms with Crippen molar-refractivity contribution in [3.8, 4) is 11.1 Å². The minimum absolute atomic E-state index is 0.000556. The molecule has 0 bridgehead atoms.